The summed E-state index contributed by atoms with van der Waals surface area (Å²) in [5, 5.41) is 15.1. The molecule has 11 heteroatoms. The SMILES string of the molecule is CC(C)(C)N(C(=O)O)[C@H](CCn1c(Cl)nn2c(C3CCOCC3)ncc2c1=O)c1ccc(Cl)cc1. The number of carbonyl (C=O) groups is 1. The number of hydrogen-bond acceptors (Lipinski definition) is 5. The molecule has 3 aromatic rings. The van der Waals surface area contributed by atoms with E-state index in [2.05, 4.69) is 10.1 Å². The minimum Gasteiger partial charge on any atom is -0.465 e. The summed E-state index contributed by atoms with van der Waals surface area (Å²) in [5.41, 5.74) is 0.112. The summed E-state index contributed by atoms with van der Waals surface area (Å²) >= 11 is 12.5. The first kappa shape index (κ1) is 25.5. The van der Waals surface area contributed by atoms with Crippen molar-refractivity contribution >= 4 is 34.8 Å². The maximum Gasteiger partial charge on any atom is 0.408 e. The van der Waals surface area contributed by atoms with E-state index in [1.807, 2.05) is 20.8 Å². The molecule has 1 N–H and O–H groups in total. The van der Waals surface area contributed by atoms with Gasteiger partial charge in [-0.1, -0.05) is 23.7 Å². The zero-order valence-electron chi connectivity index (χ0n) is 19.9. The van der Waals surface area contributed by atoms with E-state index in [4.69, 9.17) is 27.9 Å². The molecule has 1 aliphatic heterocycles. The maximum absolute atomic E-state index is 13.3. The van der Waals surface area contributed by atoms with Crippen molar-refractivity contribution < 1.29 is 14.6 Å². The fourth-order valence-corrected chi connectivity index (χ4v) is 5.03. The molecule has 1 aliphatic rings. The van der Waals surface area contributed by atoms with Crippen LogP contribution in [0.2, 0.25) is 10.3 Å². The Kier molecular flexibility index (Phi) is 7.40. The predicted octanol–water partition coefficient (Wildman–Crippen LogP) is 5.00. The van der Waals surface area contributed by atoms with Gasteiger partial charge in [-0.3, -0.25) is 14.3 Å². The van der Waals surface area contributed by atoms with Crippen molar-refractivity contribution in [3.8, 4) is 0 Å². The number of ether oxygens (including phenoxy) is 1. The highest BCUT2D eigenvalue weighted by Gasteiger charge is 2.34. The van der Waals surface area contributed by atoms with Crippen LogP contribution in [0.5, 0.6) is 0 Å². The monoisotopic (exact) mass is 521 g/mol. The number of imidazole rings is 1. The van der Waals surface area contributed by atoms with Gasteiger partial charge < -0.3 is 9.84 Å². The predicted molar refractivity (Wildman–Crippen MR) is 133 cm³/mol. The van der Waals surface area contributed by atoms with Crippen LogP contribution in [0.1, 0.15) is 63.4 Å². The molecule has 1 aromatic carbocycles. The van der Waals surface area contributed by atoms with Gasteiger partial charge in [-0.25, -0.2) is 14.3 Å². The highest BCUT2D eigenvalue weighted by Crippen LogP contribution is 2.33. The molecule has 0 aliphatic carbocycles. The van der Waals surface area contributed by atoms with E-state index in [1.165, 1.54) is 20.2 Å². The van der Waals surface area contributed by atoms with Crippen molar-refractivity contribution in [2.45, 2.75) is 64.1 Å². The third-order valence-corrected chi connectivity index (χ3v) is 6.87. The van der Waals surface area contributed by atoms with Crippen molar-refractivity contribution in [2.75, 3.05) is 13.2 Å². The van der Waals surface area contributed by atoms with E-state index in [-0.39, 0.29) is 23.3 Å². The Labute approximate surface area is 213 Å². The van der Waals surface area contributed by atoms with Crippen molar-refractivity contribution in [1.29, 1.82) is 0 Å². The van der Waals surface area contributed by atoms with Gasteiger partial charge in [0.05, 0.1) is 12.2 Å². The highest BCUT2D eigenvalue weighted by atomic mass is 35.5. The second kappa shape index (κ2) is 10.2. The van der Waals surface area contributed by atoms with E-state index in [1.54, 1.807) is 24.3 Å². The van der Waals surface area contributed by atoms with Gasteiger partial charge in [0.2, 0.25) is 5.28 Å². The summed E-state index contributed by atoms with van der Waals surface area (Å²) in [6, 6.07) is 6.52. The first-order valence-electron chi connectivity index (χ1n) is 11.6. The molecule has 9 nitrogen and oxygen atoms in total. The zero-order valence-corrected chi connectivity index (χ0v) is 21.5. The third-order valence-electron chi connectivity index (χ3n) is 6.34. The van der Waals surface area contributed by atoms with Crippen molar-refractivity contribution in [2.24, 2.45) is 0 Å². The normalized spacial score (nSPS) is 15.9. The summed E-state index contributed by atoms with van der Waals surface area (Å²) in [5.74, 6) is 0.855. The Morgan fingerprint density at radius 1 is 1.23 bits per heavy atom. The first-order valence-corrected chi connectivity index (χ1v) is 12.3. The lowest BCUT2D eigenvalue weighted by Crippen LogP contribution is -2.47. The van der Waals surface area contributed by atoms with Gasteiger partial charge in [0, 0.05) is 36.2 Å². The molecule has 0 unspecified atom stereocenters. The molecule has 0 radical (unpaired) electrons. The van der Waals surface area contributed by atoms with Gasteiger partial charge in [-0.05, 0) is 69.3 Å². The highest BCUT2D eigenvalue weighted by molar-refractivity contribution is 6.30. The van der Waals surface area contributed by atoms with Crippen LogP contribution >= 0.6 is 23.2 Å². The average molecular weight is 522 g/mol. The molecular formula is C24H29Cl2N5O4. The van der Waals surface area contributed by atoms with E-state index in [0.717, 1.165) is 18.4 Å². The van der Waals surface area contributed by atoms with E-state index in [9.17, 15) is 14.7 Å². The van der Waals surface area contributed by atoms with Crippen LogP contribution in [0.15, 0.2) is 35.3 Å². The maximum atomic E-state index is 13.3. The summed E-state index contributed by atoms with van der Waals surface area (Å²) in [4.78, 5) is 31.5. The summed E-state index contributed by atoms with van der Waals surface area (Å²) in [6.07, 6.45) is 2.40. The smallest absolute Gasteiger partial charge is 0.408 e. The number of rotatable bonds is 6. The molecular weight excluding hydrogens is 493 g/mol. The van der Waals surface area contributed by atoms with Gasteiger partial charge in [-0.2, -0.15) is 0 Å². The fraction of sp³-hybridized carbons (Fsp3) is 0.500. The Morgan fingerprint density at radius 2 is 1.89 bits per heavy atom. The molecule has 3 heterocycles. The molecule has 1 saturated heterocycles. The number of benzene rings is 1. The largest absolute Gasteiger partial charge is 0.465 e. The topological polar surface area (TPSA) is 102 Å². The molecule has 0 saturated carbocycles. The summed E-state index contributed by atoms with van der Waals surface area (Å²) in [6.45, 7) is 6.96. The quantitative estimate of drug-likeness (QED) is 0.489. The van der Waals surface area contributed by atoms with Crippen molar-refractivity contribution in [1.82, 2.24) is 24.1 Å². The summed E-state index contributed by atoms with van der Waals surface area (Å²) in [7, 11) is 0. The molecule has 35 heavy (non-hydrogen) atoms. The Morgan fingerprint density at radius 3 is 2.49 bits per heavy atom. The second-order valence-corrected chi connectivity index (χ2v) is 10.5. The Hall–Kier alpha value is -2.62. The average Bonchev–Trinajstić information content (AvgIpc) is 3.22. The molecule has 1 fully saturated rings. The molecule has 0 bridgehead atoms. The molecule has 0 spiro atoms. The van der Waals surface area contributed by atoms with Gasteiger partial charge in [0.25, 0.3) is 5.56 Å². The minimum atomic E-state index is -1.05. The minimum absolute atomic E-state index is 0.0290. The van der Waals surface area contributed by atoms with Gasteiger partial charge in [-0.15, -0.1) is 5.10 Å². The lowest BCUT2D eigenvalue weighted by molar-refractivity contribution is 0.0650. The number of hydrogen-bond donors (Lipinski definition) is 1. The lowest BCUT2D eigenvalue weighted by Gasteiger charge is -2.40. The van der Waals surface area contributed by atoms with E-state index in [0.29, 0.717) is 36.0 Å². The first-order chi connectivity index (χ1) is 16.6. The third kappa shape index (κ3) is 5.32. The standard InChI is InChI=1S/C24H29Cl2N5O4/c1-24(2,3)30(23(33)34)18(15-4-6-17(25)7-5-15)8-11-29-21(32)19-14-27-20(31(19)28-22(29)26)16-9-12-35-13-10-16/h4-7,14,16,18H,8-13H2,1-3H3,(H,33,34)/t18-/m1/s1. The molecule has 1 amide bonds. The number of nitrogens with zero attached hydrogens (tertiary/aromatic N) is 5. The Bertz CT molecular complexity index is 1260. The van der Waals surface area contributed by atoms with Gasteiger partial charge in [0.1, 0.15) is 5.82 Å². The van der Waals surface area contributed by atoms with Crippen LogP contribution in [-0.4, -0.2) is 54.0 Å². The van der Waals surface area contributed by atoms with Crippen LogP contribution < -0.4 is 5.56 Å². The number of fused-ring (bicyclic) bond motifs is 1. The molecule has 1 atom stereocenters. The molecule has 188 valence electrons. The van der Waals surface area contributed by atoms with Gasteiger partial charge in [0.15, 0.2) is 5.52 Å². The van der Waals surface area contributed by atoms with Crippen LogP contribution in [0, 0.1) is 0 Å². The number of carboxylic acid groups (broad SMARTS) is 1. The van der Waals surface area contributed by atoms with E-state index < -0.39 is 17.7 Å². The van der Waals surface area contributed by atoms with Crippen LogP contribution in [-0.2, 0) is 11.3 Å². The van der Waals surface area contributed by atoms with Crippen molar-refractivity contribution in [3.63, 3.8) is 0 Å². The fourth-order valence-electron chi connectivity index (χ4n) is 4.67. The van der Waals surface area contributed by atoms with Crippen molar-refractivity contribution in [3.05, 3.63) is 62.5 Å². The Balaban J connectivity index is 1.68. The van der Waals surface area contributed by atoms with Crippen LogP contribution in [0.4, 0.5) is 4.79 Å². The van der Waals surface area contributed by atoms with Crippen LogP contribution in [0.25, 0.3) is 5.52 Å². The molecule has 2 aromatic heterocycles. The zero-order chi connectivity index (χ0) is 25.3. The number of amides is 1. The summed E-state index contributed by atoms with van der Waals surface area (Å²) < 4.78 is 8.34. The molecule has 4 rings (SSSR count). The second-order valence-electron chi connectivity index (χ2n) is 9.71. The van der Waals surface area contributed by atoms with Crippen LogP contribution in [0.3, 0.4) is 0 Å². The van der Waals surface area contributed by atoms with Gasteiger partial charge >= 0.3 is 6.09 Å². The van der Waals surface area contributed by atoms with E-state index >= 15 is 0 Å². The number of aromatic nitrogens is 4. The lowest BCUT2D eigenvalue weighted by atomic mass is 9.96. The number of halogens is 2.